The average Bonchev–Trinajstić information content (AvgIpc) is 2.55. The van der Waals surface area contributed by atoms with Gasteiger partial charge in [0.2, 0.25) is 0 Å². The first-order chi connectivity index (χ1) is 11.2. The minimum atomic E-state index is -3.35. The zero-order chi connectivity index (χ0) is 17.8. The van der Waals surface area contributed by atoms with Crippen LogP contribution < -0.4 is 5.73 Å². The number of nitrogens with zero attached hydrogens (tertiary/aromatic N) is 2. The number of hydrogen-bond donors (Lipinski definition) is 1. The van der Waals surface area contributed by atoms with Crippen molar-refractivity contribution >= 4 is 39.8 Å². The van der Waals surface area contributed by atoms with E-state index in [0.717, 1.165) is 5.56 Å². The maximum atomic E-state index is 12.4. The SMILES string of the molecule is CC(C)(C)c1ccc(S(=O)(=O)CCN=C(N)N2CCOCC2)cc1.I. The van der Waals surface area contributed by atoms with Gasteiger partial charge in [0, 0.05) is 13.1 Å². The first-order valence-corrected chi connectivity index (χ1v) is 9.81. The van der Waals surface area contributed by atoms with Crippen molar-refractivity contribution in [3.8, 4) is 0 Å². The van der Waals surface area contributed by atoms with E-state index >= 15 is 0 Å². The second-order valence-electron chi connectivity index (χ2n) is 6.93. The molecule has 1 aliphatic heterocycles. The number of rotatable bonds is 4. The van der Waals surface area contributed by atoms with Crippen LogP contribution in [0.15, 0.2) is 34.2 Å². The van der Waals surface area contributed by atoms with Gasteiger partial charge >= 0.3 is 0 Å². The van der Waals surface area contributed by atoms with Crippen molar-refractivity contribution in [1.29, 1.82) is 0 Å². The summed E-state index contributed by atoms with van der Waals surface area (Å²) in [5.74, 6) is 0.337. The van der Waals surface area contributed by atoms with Crippen LogP contribution in [0.3, 0.4) is 0 Å². The number of guanidine groups is 1. The third-order valence-corrected chi connectivity index (χ3v) is 5.76. The van der Waals surface area contributed by atoms with Crippen molar-refractivity contribution in [3.05, 3.63) is 29.8 Å². The Morgan fingerprint density at radius 2 is 1.76 bits per heavy atom. The number of nitrogens with two attached hydrogens (primary N) is 1. The largest absolute Gasteiger partial charge is 0.378 e. The molecule has 1 aromatic rings. The quantitative estimate of drug-likeness (QED) is 0.404. The second-order valence-corrected chi connectivity index (χ2v) is 9.04. The van der Waals surface area contributed by atoms with Gasteiger partial charge < -0.3 is 15.4 Å². The molecule has 1 fully saturated rings. The summed E-state index contributed by atoms with van der Waals surface area (Å²) >= 11 is 0. The molecule has 2 N–H and O–H groups in total. The Labute approximate surface area is 167 Å². The van der Waals surface area contributed by atoms with Crippen LogP contribution in [0.25, 0.3) is 0 Å². The Kier molecular flexibility index (Phi) is 8.14. The van der Waals surface area contributed by atoms with E-state index in [0.29, 0.717) is 37.2 Å². The monoisotopic (exact) mass is 481 g/mol. The Hall–Kier alpha value is -0.870. The normalized spacial score (nSPS) is 16.4. The summed E-state index contributed by atoms with van der Waals surface area (Å²) in [4.78, 5) is 6.44. The van der Waals surface area contributed by atoms with Crippen molar-refractivity contribution < 1.29 is 13.2 Å². The molecule has 0 radical (unpaired) electrons. The van der Waals surface area contributed by atoms with Gasteiger partial charge in [-0.15, -0.1) is 24.0 Å². The molecule has 142 valence electrons. The Bertz CT molecular complexity index is 676. The molecule has 0 amide bonds. The van der Waals surface area contributed by atoms with E-state index < -0.39 is 9.84 Å². The molecule has 0 saturated carbocycles. The lowest BCUT2D eigenvalue weighted by Gasteiger charge is -2.27. The highest BCUT2D eigenvalue weighted by atomic mass is 127. The van der Waals surface area contributed by atoms with Gasteiger partial charge in [-0.1, -0.05) is 32.9 Å². The van der Waals surface area contributed by atoms with Crippen molar-refractivity contribution in [1.82, 2.24) is 4.90 Å². The third-order valence-electron chi connectivity index (χ3n) is 4.05. The molecule has 8 heteroatoms. The Morgan fingerprint density at radius 1 is 1.20 bits per heavy atom. The highest BCUT2D eigenvalue weighted by molar-refractivity contribution is 14.0. The summed E-state index contributed by atoms with van der Waals surface area (Å²) in [6.07, 6.45) is 0. The number of morpholine rings is 1. The molecular formula is C17H28IN3O3S. The molecule has 0 atom stereocenters. The van der Waals surface area contributed by atoms with E-state index in [-0.39, 0.29) is 41.7 Å². The van der Waals surface area contributed by atoms with E-state index in [9.17, 15) is 8.42 Å². The van der Waals surface area contributed by atoms with Gasteiger partial charge in [-0.05, 0) is 23.1 Å². The van der Waals surface area contributed by atoms with Crippen LogP contribution in [0, 0.1) is 0 Å². The maximum Gasteiger partial charge on any atom is 0.191 e. The molecule has 0 aliphatic carbocycles. The van der Waals surface area contributed by atoms with Gasteiger partial charge in [0.15, 0.2) is 15.8 Å². The summed E-state index contributed by atoms with van der Waals surface area (Å²) in [5.41, 5.74) is 7.02. The summed E-state index contributed by atoms with van der Waals surface area (Å²) in [7, 11) is -3.35. The average molecular weight is 481 g/mol. The lowest BCUT2D eigenvalue weighted by molar-refractivity contribution is 0.0674. The zero-order valence-electron chi connectivity index (χ0n) is 15.1. The second kappa shape index (κ2) is 9.18. The molecule has 25 heavy (non-hydrogen) atoms. The predicted octanol–water partition coefficient (Wildman–Crippen LogP) is 2.02. The molecule has 1 aromatic carbocycles. The van der Waals surface area contributed by atoms with E-state index in [2.05, 4.69) is 25.8 Å². The number of hydrogen-bond acceptors (Lipinski definition) is 4. The van der Waals surface area contributed by atoms with Crippen LogP contribution in [0.1, 0.15) is 26.3 Å². The first-order valence-electron chi connectivity index (χ1n) is 8.16. The fourth-order valence-corrected chi connectivity index (χ4v) is 3.57. The van der Waals surface area contributed by atoms with Crippen LogP contribution >= 0.6 is 24.0 Å². The van der Waals surface area contributed by atoms with Gasteiger partial charge in [0.05, 0.1) is 30.4 Å². The van der Waals surface area contributed by atoms with Crippen LogP contribution in [-0.2, 0) is 20.0 Å². The minimum absolute atomic E-state index is 0. The standard InChI is InChI=1S/C17H27N3O3S.HI/c1-17(2,3)14-4-6-15(7-5-14)24(21,22)13-8-19-16(18)20-9-11-23-12-10-20;/h4-7H,8-13H2,1-3H3,(H2,18,19);1H. The molecule has 2 rings (SSSR count). The predicted molar refractivity (Wildman–Crippen MR) is 111 cm³/mol. The lowest BCUT2D eigenvalue weighted by Crippen LogP contribution is -2.45. The molecule has 1 saturated heterocycles. The highest BCUT2D eigenvalue weighted by Crippen LogP contribution is 2.23. The van der Waals surface area contributed by atoms with Crippen LogP contribution in [0.4, 0.5) is 0 Å². The number of benzene rings is 1. The lowest BCUT2D eigenvalue weighted by atomic mass is 9.87. The summed E-state index contributed by atoms with van der Waals surface area (Å²) in [5, 5.41) is 0. The number of sulfone groups is 1. The molecule has 0 unspecified atom stereocenters. The van der Waals surface area contributed by atoms with Gasteiger partial charge in [0.25, 0.3) is 0 Å². The van der Waals surface area contributed by atoms with E-state index in [4.69, 9.17) is 10.5 Å². The van der Waals surface area contributed by atoms with Crippen molar-refractivity contribution in [2.75, 3.05) is 38.6 Å². The highest BCUT2D eigenvalue weighted by Gasteiger charge is 2.18. The van der Waals surface area contributed by atoms with Gasteiger partial charge in [-0.25, -0.2) is 8.42 Å². The Balaban J connectivity index is 0.00000312. The molecule has 1 heterocycles. The van der Waals surface area contributed by atoms with E-state index in [1.54, 1.807) is 12.1 Å². The number of aliphatic imine (C=N–C) groups is 1. The van der Waals surface area contributed by atoms with Gasteiger partial charge in [-0.2, -0.15) is 0 Å². The van der Waals surface area contributed by atoms with Gasteiger partial charge in [0.1, 0.15) is 0 Å². The summed E-state index contributed by atoms with van der Waals surface area (Å²) in [6.45, 7) is 9.07. The van der Waals surface area contributed by atoms with Crippen molar-refractivity contribution in [3.63, 3.8) is 0 Å². The van der Waals surface area contributed by atoms with E-state index in [1.807, 2.05) is 17.0 Å². The van der Waals surface area contributed by atoms with Crippen LogP contribution in [0.2, 0.25) is 0 Å². The fraction of sp³-hybridized carbons (Fsp3) is 0.588. The zero-order valence-corrected chi connectivity index (χ0v) is 18.2. The van der Waals surface area contributed by atoms with E-state index in [1.165, 1.54) is 0 Å². The number of ether oxygens (including phenoxy) is 1. The molecule has 0 aromatic heterocycles. The molecule has 6 nitrogen and oxygen atoms in total. The maximum absolute atomic E-state index is 12.4. The third kappa shape index (κ3) is 6.41. The molecule has 0 bridgehead atoms. The Morgan fingerprint density at radius 3 is 2.28 bits per heavy atom. The fourth-order valence-electron chi connectivity index (χ4n) is 2.45. The molecule has 0 spiro atoms. The number of halogens is 1. The first kappa shape index (κ1) is 22.2. The summed E-state index contributed by atoms with van der Waals surface area (Å²) < 4.78 is 30.1. The van der Waals surface area contributed by atoms with Gasteiger partial charge in [-0.3, -0.25) is 4.99 Å². The molecule has 1 aliphatic rings. The van der Waals surface area contributed by atoms with Crippen LogP contribution in [0.5, 0.6) is 0 Å². The minimum Gasteiger partial charge on any atom is -0.378 e. The smallest absolute Gasteiger partial charge is 0.191 e. The van der Waals surface area contributed by atoms with Crippen molar-refractivity contribution in [2.24, 2.45) is 10.7 Å². The molecular weight excluding hydrogens is 453 g/mol. The topological polar surface area (TPSA) is 85.0 Å². The van der Waals surface area contributed by atoms with Crippen molar-refractivity contribution in [2.45, 2.75) is 31.1 Å². The van der Waals surface area contributed by atoms with Crippen LogP contribution in [-0.4, -0.2) is 57.9 Å². The summed E-state index contributed by atoms with van der Waals surface area (Å²) in [6, 6.07) is 7.09.